The minimum Gasteiger partial charge on any atom is -0.390 e. The number of carbonyl (C=O) groups excluding carboxylic acids is 1. The topological polar surface area (TPSA) is 162 Å². The van der Waals surface area contributed by atoms with Gasteiger partial charge in [0.2, 0.25) is 11.9 Å². The zero-order valence-corrected chi connectivity index (χ0v) is 24.3. The first-order chi connectivity index (χ1) is 20.1. The predicted octanol–water partition coefficient (Wildman–Crippen LogP) is 2.33. The van der Waals surface area contributed by atoms with Gasteiger partial charge < -0.3 is 25.5 Å². The lowest BCUT2D eigenvalue weighted by Crippen LogP contribution is -2.64. The third kappa shape index (κ3) is 5.77. The number of benzene rings is 1. The van der Waals surface area contributed by atoms with Crippen molar-refractivity contribution in [3.8, 4) is 12.1 Å². The summed E-state index contributed by atoms with van der Waals surface area (Å²) in [4.78, 5) is 27.6. The van der Waals surface area contributed by atoms with Crippen LogP contribution in [0.1, 0.15) is 44.4 Å². The molecule has 218 valence electrons. The minimum atomic E-state index is -1.01. The van der Waals surface area contributed by atoms with Gasteiger partial charge in [-0.2, -0.15) is 20.0 Å². The molecule has 4 heterocycles. The highest BCUT2D eigenvalue weighted by Crippen LogP contribution is 2.37. The maximum absolute atomic E-state index is 12.4. The fourth-order valence-electron chi connectivity index (χ4n) is 5.34. The van der Waals surface area contributed by atoms with Crippen molar-refractivity contribution >= 4 is 46.3 Å². The van der Waals surface area contributed by atoms with Crippen LogP contribution in [0.25, 0.3) is 5.65 Å². The van der Waals surface area contributed by atoms with Crippen molar-refractivity contribution in [3.05, 3.63) is 34.6 Å². The van der Waals surface area contributed by atoms with Gasteiger partial charge in [0.25, 0.3) is 0 Å². The van der Waals surface area contributed by atoms with Crippen LogP contribution in [0.5, 0.6) is 0 Å². The molecule has 3 aliphatic rings. The molecule has 0 radical (unpaired) electrons. The number of aromatic nitrogens is 4. The summed E-state index contributed by atoms with van der Waals surface area (Å²) in [5.41, 5.74) is 1.41. The van der Waals surface area contributed by atoms with E-state index in [4.69, 9.17) is 11.6 Å². The number of nitriles is 2. The normalized spacial score (nSPS) is 18.0. The first-order valence-corrected chi connectivity index (χ1v) is 14.4. The average Bonchev–Trinajstić information content (AvgIpc) is 3.64. The number of rotatable bonds is 8. The number of hydrogen-bond acceptors (Lipinski definition) is 11. The van der Waals surface area contributed by atoms with E-state index in [-0.39, 0.29) is 24.0 Å². The van der Waals surface area contributed by atoms with Crippen LogP contribution in [0.2, 0.25) is 5.02 Å². The van der Waals surface area contributed by atoms with Crippen LogP contribution in [-0.4, -0.2) is 97.3 Å². The Morgan fingerprint density at radius 1 is 1.17 bits per heavy atom. The van der Waals surface area contributed by atoms with Crippen molar-refractivity contribution < 1.29 is 9.90 Å². The predicted molar refractivity (Wildman–Crippen MR) is 157 cm³/mol. The molecule has 1 saturated carbocycles. The van der Waals surface area contributed by atoms with Gasteiger partial charge in [-0.25, -0.2) is 4.98 Å². The number of hydrogen-bond donors (Lipinski definition) is 3. The van der Waals surface area contributed by atoms with E-state index in [0.29, 0.717) is 66.0 Å². The highest BCUT2D eigenvalue weighted by Gasteiger charge is 2.37. The molecule has 1 aliphatic carbocycles. The summed E-state index contributed by atoms with van der Waals surface area (Å²) in [6, 6.07) is 8.38. The first kappa shape index (κ1) is 28.0. The summed E-state index contributed by atoms with van der Waals surface area (Å²) in [6.45, 7) is 7.63. The molecule has 3 N–H and O–H groups in total. The summed E-state index contributed by atoms with van der Waals surface area (Å²) in [7, 11) is 0. The fourth-order valence-corrected chi connectivity index (χ4v) is 5.62. The SMILES string of the molecule is CC(C)(O)CC(=O)N1CC(N2CCN(c3cc(C#N)cc(Nc4nc(NC5CC5)c5ncc(C#N)n5n4)c3Cl)CC2)C1. The molecular weight excluding hydrogens is 558 g/mol. The van der Waals surface area contributed by atoms with Crippen molar-refractivity contribution in [2.45, 2.75) is 50.8 Å². The number of fused-ring (bicyclic) bond motifs is 1. The Hall–Kier alpha value is -4.17. The highest BCUT2D eigenvalue weighted by atomic mass is 35.5. The number of nitrogens with zero attached hydrogens (tertiary/aromatic N) is 9. The van der Waals surface area contributed by atoms with Crippen LogP contribution in [0.4, 0.5) is 23.1 Å². The number of imidazole rings is 1. The van der Waals surface area contributed by atoms with E-state index in [0.717, 1.165) is 31.6 Å². The van der Waals surface area contributed by atoms with Crippen molar-refractivity contribution in [1.29, 1.82) is 10.5 Å². The lowest BCUT2D eigenvalue weighted by molar-refractivity contribution is -0.142. The van der Waals surface area contributed by atoms with Crippen molar-refractivity contribution in [2.24, 2.45) is 0 Å². The maximum Gasteiger partial charge on any atom is 0.247 e. The number of piperazine rings is 1. The lowest BCUT2D eigenvalue weighted by atomic mass is 10.0. The summed E-state index contributed by atoms with van der Waals surface area (Å²) in [6.07, 6.45) is 3.66. The minimum absolute atomic E-state index is 0.0204. The average molecular weight is 590 g/mol. The van der Waals surface area contributed by atoms with Crippen LogP contribution in [0.3, 0.4) is 0 Å². The van der Waals surface area contributed by atoms with E-state index in [1.54, 1.807) is 30.9 Å². The van der Waals surface area contributed by atoms with E-state index < -0.39 is 5.60 Å². The van der Waals surface area contributed by atoms with E-state index in [2.05, 4.69) is 47.6 Å². The van der Waals surface area contributed by atoms with Crippen molar-refractivity contribution in [1.82, 2.24) is 29.4 Å². The van der Waals surface area contributed by atoms with Gasteiger partial charge in [-0.05, 0) is 38.8 Å². The van der Waals surface area contributed by atoms with Crippen LogP contribution in [-0.2, 0) is 4.79 Å². The van der Waals surface area contributed by atoms with Gasteiger partial charge in [0.15, 0.2) is 17.2 Å². The largest absolute Gasteiger partial charge is 0.390 e. The summed E-state index contributed by atoms with van der Waals surface area (Å²) < 4.78 is 1.45. The Morgan fingerprint density at radius 3 is 2.55 bits per heavy atom. The van der Waals surface area contributed by atoms with Crippen molar-refractivity contribution in [3.63, 3.8) is 0 Å². The van der Waals surface area contributed by atoms with E-state index in [1.165, 1.54) is 10.7 Å². The highest BCUT2D eigenvalue weighted by molar-refractivity contribution is 6.36. The molecule has 2 saturated heterocycles. The molecule has 42 heavy (non-hydrogen) atoms. The number of anilines is 4. The molecule has 2 aliphatic heterocycles. The van der Waals surface area contributed by atoms with Gasteiger partial charge in [0, 0.05) is 51.4 Å². The Balaban J connectivity index is 1.17. The lowest BCUT2D eigenvalue weighted by Gasteiger charge is -2.48. The molecule has 1 amide bonds. The van der Waals surface area contributed by atoms with Gasteiger partial charge in [0.1, 0.15) is 6.07 Å². The molecular formula is C28H32ClN11O2. The van der Waals surface area contributed by atoms with E-state index >= 15 is 0 Å². The monoisotopic (exact) mass is 589 g/mol. The third-order valence-corrected chi connectivity index (χ3v) is 8.19. The standard InChI is InChI=1S/C28H32ClN11O2/c1-28(2,42)11-23(41)39-15-20(16-39)37-5-7-38(8-6-37)22-10-17(12-30)9-21(24(22)29)34-27-35-25(33-18-3-4-18)26-32-14-19(13-31)40(26)36-27/h9-10,14,18,20,42H,3-8,11,15-16H2,1-2H3,(H2,33,34,35,36). The zero-order chi connectivity index (χ0) is 29.6. The van der Waals surface area contributed by atoms with Crippen LogP contribution in [0, 0.1) is 22.7 Å². The second-order valence-electron chi connectivity index (χ2n) is 11.8. The molecule has 2 aromatic heterocycles. The second kappa shape index (κ2) is 10.9. The molecule has 0 unspecified atom stereocenters. The molecule has 0 bridgehead atoms. The number of amides is 1. The number of nitrogens with one attached hydrogen (secondary N) is 2. The molecule has 1 aromatic carbocycles. The molecule has 13 nitrogen and oxygen atoms in total. The Kier molecular flexibility index (Phi) is 7.27. The summed E-state index contributed by atoms with van der Waals surface area (Å²) in [5.74, 6) is 0.728. The van der Waals surface area contributed by atoms with Gasteiger partial charge in [-0.15, -0.1) is 5.10 Å². The van der Waals surface area contributed by atoms with Crippen LogP contribution < -0.4 is 15.5 Å². The number of carbonyl (C=O) groups is 1. The van der Waals surface area contributed by atoms with Gasteiger partial charge in [-0.1, -0.05) is 11.6 Å². The van der Waals surface area contributed by atoms with Crippen molar-refractivity contribution in [2.75, 3.05) is 54.8 Å². The van der Waals surface area contributed by atoms with Gasteiger partial charge in [-0.3, -0.25) is 9.69 Å². The van der Waals surface area contributed by atoms with Gasteiger partial charge in [0.05, 0.1) is 46.2 Å². The fraction of sp³-hybridized carbons (Fsp3) is 0.500. The second-order valence-corrected chi connectivity index (χ2v) is 12.1. The maximum atomic E-state index is 12.4. The quantitative estimate of drug-likeness (QED) is 0.353. The molecule has 3 fully saturated rings. The van der Waals surface area contributed by atoms with Crippen LogP contribution >= 0.6 is 11.6 Å². The number of likely N-dealkylation sites (tertiary alicyclic amines) is 1. The summed E-state index contributed by atoms with van der Waals surface area (Å²) in [5, 5.41) is 40.7. The van der Waals surface area contributed by atoms with Gasteiger partial charge >= 0.3 is 0 Å². The van der Waals surface area contributed by atoms with E-state index in [1.807, 2.05) is 0 Å². The first-order valence-electron chi connectivity index (χ1n) is 14.0. The molecule has 0 atom stereocenters. The Morgan fingerprint density at radius 2 is 1.90 bits per heavy atom. The van der Waals surface area contributed by atoms with E-state index in [9.17, 15) is 20.4 Å². The smallest absolute Gasteiger partial charge is 0.247 e. The number of aliphatic hydroxyl groups is 1. The zero-order valence-electron chi connectivity index (χ0n) is 23.5. The number of halogens is 1. The third-order valence-electron chi connectivity index (χ3n) is 7.79. The Bertz CT molecular complexity index is 1600. The molecule has 3 aromatic rings. The van der Waals surface area contributed by atoms with Crippen LogP contribution in [0.15, 0.2) is 18.3 Å². The molecule has 14 heteroatoms. The molecule has 0 spiro atoms. The summed E-state index contributed by atoms with van der Waals surface area (Å²) >= 11 is 6.92. The Labute approximate surface area is 248 Å². The molecule has 6 rings (SSSR count).